The Bertz CT molecular complexity index is 697. The number of nitro groups is 1. The van der Waals surface area contributed by atoms with Crippen LogP contribution in [0.15, 0.2) is 36.4 Å². The minimum atomic E-state index is -4.69. The Labute approximate surface area is 127 Å². The van der Waals surface area contributed by atoms with Gasteiger partial charge in [0, 0.05) is 33.3 Å². The fourth-order valence-corrected chi connectivity index (χ4v) is 2.46. The minimum absolute atomic E-state index is 0.0199. The predicted molar refractivity (Wildman–Crippen MR) is 73.6 cm³/mol. The molecule has 0 aliphatic rings. The predicted octanol–water partition coefficient (Wildman–Crippen LogP) is 5.59. The summed E-state index contributed by atoms with van der Waals surface area (Å²) in [7, 11) is 0. The van der Waals surface area contributed by atoms with E-state index in [9.17, 15) is 23.3 Å². The summed E-state index contributed by atoms with van der Waals surface area (Å²) < 4.78 is 39.2. The summed E-state index contributed by atoms with van der Waals surface area (Å²) in [4.78, 5) is 9.99. The number of benzene rings is 2. The molecule has 0 heterocycles. The Morgan fingerprint density at radius 1 is 1.05 bits per heavy atom. The van der Waals surface area contributed by atoms with Crippen LogP contribution in [0, 0.1) is 10.1 Å². The highest BCUT2D eigenvalue weighted by Gasteiger charge is 2.35. The average molecular weight is 336 g/mol. The standard InChI is InChI=1S/C13H6Cl2F3NO2/c14-10-2-1-3-11(15)12(10)8-6-7(19(20)21)4-5-9(8)13(16,17)18/h1-6H. The van der Waals surface area contributed by atoms with E-state index >= 15 is 0 Å². The molecule has 0 saturated carbocycles. The zero-order chi connectivity index (χ0) is 15.8. The van der Waals surface area contributed by atoms with Crippen LogP contribution in [0.4, 0.5) is 18.9 Å². The first-order chi connectivity index (χ1) is 9.71. The van der Waals surface area contributed by atoms with Gasteiger partial charge in [0.15, 0.2) is 0 Å². The second-order valence-corrected chi connectivity index (χ2v) is 4.90. The molecule has 0 bridgehead atoms. The highest BCUT2D eigenvalue weighted by Crippen LogP contribution is 2.43. The molecule has 0 atom stereocenters. The van der Waals surface area contributed by atoms with Gasteiger partial charge < -0.3 is 0 Å². The lowest BCUT2D eigenvalue weighted by atomic mass is 9.98. The van der Waals surface area contributed by atoms with E-state index < -0.39 is 27.9 Å². The molecule has 110 valence electrons. The van der Waals surface area contributed by atoms with E-state index in [1.165, 1.54) is 18.2 Å². The summed E-state index contributed by atoms with van der Waals surface area (Å²) in [5, 5.41) is 10.7. The number of alkyl halides is 3. The van der Waals surface area contributed by atoms with Gasteiger partial charge in [-0.1, -0.05) is 29.3 Å². The molecule has 2 aromatic rings. The molecule has 0 fully saturated rings. The van der Waals surface area contributed by atoms with E-state index in [2.05, 4.69) is 0 Å². The maximum absolute atomic E-state index is 13.1. The molecule has 0 aliphatic heterocycles. The van der Waals surface area contributed by atoms with Crippen LogP contribution in [0.5, 0.6) is 0 Å². The lowest BCUT2D eigenvalue weighted by Crippen LogP contribution is -2.08. The lowest BCUT2D eigenvalue weighted by molar-refractivity contribution is -0.384. The normalized spacial score (nSPS) is 11.5. The van der Waals surface area contributed by atoms with E-state index in [4.69, 9.17) is 23.2 Å². The van der Waals surface area contributed by atoms with Crippen molar-refractivity contribution >= 4 is 28.9 Å². The molecule has 0 saturated heterocycles. The third kappa shape index (κ3) is 3.11. The Hall–Kier alpha value is -1.79. The third-order valence-electron chi connectivity index (χ3n) is 2.75. The molecular weight excluding hydrogens is 330 g/mol. The molecule has 0 spiro atoms. The van der Waals surface area contributed by atoms with Gasteiger partial charge in [0.05, 0.1) is 10.5 Å². The zero-order valence-corrected chi connectivity index (χ0v) is 11.6. The van der Waals surface area contributed by atoms with Gasteiger partial charge in [-0.3, -0.25) is 10.1 Å². The summed E-state index contributed by atoms with van der Waals surface area (Å²) >= 11 is 11.8. The molecule has 0 aliphatic carbocycles. The highest BCUT2D eigenvalue weighted by molar-refractivity contribution is 6.39. The summed E-state index contributed by atoms with van der Waals surface area (Å²) in [6.45, 7) is 0. The van der Waals surface area contributed by atoms with Gasteiger partial charge in [0.2, 0.25) is 0 Å². The lowest BCUT2D eigenvalue weighted by Gasteiger charge is -2.15. The van der Waals surface area contributed by atoms with Crippen molar-refractivity contribution in [1.29, 1.82) is 0 Å². The first kappa shape index (κ1) is 15.6. The number of rotatable bonds is 2. The average Bonchev–Trinajstić information content (AvgIpc) is 2.37. The molecule has 21 heavy (non-hydrogen) atoms. The van der Waals surface area contributed by atoms with Gasteiger partial charge in [-0.2, -0.15) is 13.2 Å². The maximum atomic E-state index is 13.1. The summed E-state index contributed by atoms with van der Waals surface area (Å²) in [6, 6.07) is 6.45. The summed E-state index contributed by atoms with van der Waals surface area (Å²) in [6.07, 6.45) is -4.69. The van der Waals surface area contributed by atoms with Crippen molar-refractivity contribution in [2.45, 2.75) is 6.18 Å². The highest BCUT2D eigenvalue weighted by atomic mass is 35.5. The van der Waals surface area contributed by atoms with Crippen molar-refractivity contribution in [3.05, 3.63) is 62.1 Å². The Morgan fingerprint density at radius 2 is 1.62 bits per heavy atom. The molecule has 0 unspecified atom stereocenters. The first-order valence-corrected chi connectivity index (χ1v) is 6.27. The van der Waals surface area contributed by atoms with Crippen molar-refractivity contribution in [3.63, 3.8) is 0 Å². The van der Waals surface area contributed by atoms with Crippen LogP contribution < -0.4 is 0 Å². The number of hydrogen-bond acceptors (Lipinski definition) is 2. The quantitative estimate of drug-likeness (QED) is 0.530. The van der Waals surface area contributed by atoms with Crippen LogP contribution in [0.1, 0.15) is 5.56 Å². The van der Waals surface area contributed by atoms with E-state index in [1.54, 1.807) is 0 Å². The van der Waals surface area contributed by atoms with Crippen molar-refractivity contribution in [3.8, 4) is 11.1 Å². The number of non-ortho nitro benzene ring substituents is 1. The fraction of sp³-hybridized carbons (Fsp3) is 0.0769. The van der Waals surface area contributed by atoms with Crippen LogP contribution in [0.2, 0.25) is 10.0 Å². The molecule has 0 radical (unpaired) electrons. The fourth-order valence-electron chi connectivity index (χ4n) is 1.85. The van der Waals surface area contributed by atoms with Gasteiger partial charge in [0.1, 0.15) is 0 Å². The van der Waals surface area contributed by atoms with Gasteiger partial charge in [-0.15, -0.1) is 0 Å². The van der Waals surface area contributed by atoms with E-state index in [1.807, 2.05) is 0 Å². The van der Waals surface area contributed by atoms with Crippen LogP contribution in [0.3, 0.4) is 0 Å². The molecule has 2 aromatic carbocycles. The molecule has 8 heteroatoms. The largest absolute Gasteiger partial charge is 0.417 e. The molecule has 0 aromatic heterocycles. The van der Waals surface area contributed by atoms with Gasteiger partial charge in [-0.25, -0.2) is 0 Å². The van der Waals surface area contributed by atoms with Crippen LogP contribution >= 0.6 is 23.2 Å². The minimum Gasteiger partial charge on any atom is -0.258 e. The van der Waals surface area contributed by atoms with Crippen molar-refractivity contribution in [2.24, 2.45) is 0 Å². The molecule has 0 amide bonds. The van der Waals surface area contributed by atoms with Crippen LogP contribution in [-0.4, -0.2) is 4.92 Å². The van der Waals surface area contributed by atoms with Crippen molar-refractivity contribution < 1.29 is 18.1 Å². The Balaban J connectivity index is 2.81. The second-order valence-electron chi connectivity index (χ2n) is 4.08. The van der Waals surface area contributed by atoms with E-state index in [0.717, 1.165) is 12.1 Å². The van der Waals surface area contributed by atoms with Gasteiger partial charge >= 0.3 is 6.18 Å². The van der Waals surface area contributed by atoms with Gasteiger partial charge in [-0.05, 0) is 18.2 Å². The number of halogens is 5. The van der Waals surface area contributed by atoms with Crippen molar-refractivity contribution in [1.82, 2.24) is 0 Å². The second kappa shape index (κ2) is 5.54. The number of nitrogens with zero attached hydrogens (tertiary/aromatic N) is 1. The van der Waals surface area contributed by atoms with E-state index in [-0.39, 0.29) is 15.6 Å². The Morgan fingerprint density at radius 3 is 2.10 bits per heavy atom. The SMILES string of the molecule is O=[N+]([O-])c1ccc(C(F)(F)F)c(-c2c(Cl)cccc2Cl)c1. The van der Waals surface area contributed by atoms with Gasteiger partial charge in [0.25, 0.3) is 5.69 Å². The zero-order valence-electron chi connectivity index (χ0n) is 10.1. The number of hydrogen-bond donors (Lipinski definition) is 0. The smallest absolute Gasteiger partial charge is 0.258 e. The van der Waals surface area contributed by atoms with Crippen LogP contribution in [0.25, 0.3) is 11.1 Å². The van der Waals surface area contributed by atoms with Crippen LogP contribution in [-0.2, 0) is 6.18 Å². The maximum Gasteiger partial charge on any atom is 0.417 e. The first-order valence-electron chi connectivity index (χ1n) is 5.52. The third-order valence-corrected chi connectivity index (χ3v) is 3.38. The molecule has 2 rings (SSSR count). The summed E-state index contributed by atoms with van der Waals surface area (Å²) in [5.74, 6) is 0. The Kier molecular flexibility index (Phi) is 4.11. The van der Waals surface area contributed by atoms with Crippen molar-refractivity contribution in [2.75, 3.05) is 0 Å². The number of nitro benzene ring substituents is 1. The topological polar surface area (TPSA) is 43.1 Å². The summed E-state index contributed by atoms with van der Waals surface area (Å²) in [5.41, 5.74) is -2.03. The molecular formula is C13H6Cl2F3NO2. The monoisotopic (exact) mass is 335 g/mol. The van der Waals surface area contributed by atoms with E-state index in [0.29, 0.717) is 6.07 Å². The molecule has 3 nitrogen and oxygen atoms in total. The molecule has 0 N–H and O–H groups in total.